The zero-order valence-corrected chi connectivity index (χ0v) is 13.2. The van der Waals surface area contributed by atoms with Crippen molar-refractivity contribution in [3.8, 4) is 0 Å². The van der Waals surface area contributed by atoms with Gasteiger partial charge in [-0.1, -0.05) is 28.9 Å². The van der Waals surface area contributed by atoms with Crippen LogP contribution in [0.2, 0.25) is 0 Å². The number of nitrogens with one attached hydrogen (secondary N) is 1. The molecule has 0 aromatic heterocycles. The van der Waals surface area contributed by atoms with Crippen molar-refractivity contribution in [2.24, 2.45) is 0 Å². The predicted octanol–water partition coefficient (Wildman–Crippen LogP) is 2.57. The molecule has 0 saturated heterocycles. The van der Waals surface area contributed by atoms with Crippen LogP contribution in [0.3, 0.4) is 0 Å². The molecular weight excluding hydrogens is 324 g/mol. The summed E-state index contributed by atoms with van der Waals surface area (Å²) in [4.78, 5) is 24.5. The number of carbonyl (C=O) groups excluding carboxylic acids is 1. The molecule has 1 rings (SSSR count). The van der Waals surface area contributed by atoms with E-state index in [-0.39, 0.29) is 24.9 Å². The fourth-order valence-electron chi connectivity index (χ4n) is 1.91. The van der Waals surface area contributed by atoms with Gasteiger partial charge in [0, 0.05) is 16.2 Å². The quantitative estimate of drug-likeness (QED) is 0.798. The van der Waals surface area contributed by atoms with E-state index in [1.807, 2.05) is 36.9 Å². The number of aliphatic carboxylic acids is 1. The number of amides is 1. The lowest BCUT2D eigenvalue weighted by atomic mass is 10.2. The first-order valence-corrected chi connectivity index (χ1v) is 7.23. The summed E-state index contributed by atoms with van der Waals surface area (Å²) >= 11 is 3.34. The van der Waals surface area contributed by atoms with Gasteiger partial charge in [0.25, 0.3) is 0 Å². The molecule has 2 N–H and O–H groups in total. The van der Waals surface area contributed by atoms with Crippen LogP contribution in [0.15, 0.2) is 28.7 Å². The van der Waals surface area contributed by atoms with Gasteiger partial charge >= 0.3 is 5.97 Å². The van der Waals surface area contributed by atoms with Gasteiger partial charge in [0.2, 0.25) is 5.91 Å². The molecule has 20 heavy (non-hydrogen) atoms. The Bertz CT molecular complexity index is 479. The van der Waals surface area contributed by atoms with Crippen LogP contribution in [-0.2, 0) is 9.59 Å². The number of nitrogens with zero attached hydrogens (tertiary/aromatic N) is 1. The summed E-state index contributed by atoms with van der Waals surface area (Å²) in [6.45, 7) is 4.52. The van der Waals surface area contributed by atoms with E-state index in [0.717, 1.165) is 4.47 Å². The Morgan fingerprint density at radius 3 is 2.70 bits per heavy atom. The maximum atomic E-state index is 12.0. The highest BCUT2D eigenvalue weighted by Crippen LogP contribution is 2.15. The first kappa shape index (κ1) is 16.7. The lowest BCUT2D eigenvalue weighted by Gasteiger charge is -2.25. The Morgan fingerprint density at radius 2 is 2.15 bits per heavy atom. The van der Waals surface area contributed by atoms with Crippen LogP contribution in [0.4, 0.5) is 5.69 Å². The molecule has 0 heterocycles. The van der Waals surface area contributed by atoms with Crippen LogP contribution in [0.1, 0.15) is 20.3 Å². The molecule has 6 heteroatoms. The third kappa shape index (κ3) is 5.71. The monoisotopic (exact) mass is 342 g/mol. The number of likely N-dealkylation sites (N-methyl/N-ethyl adjacent to an activating group) is 1. The third-order valence-corrected chi connectivity index (χ3v) is 3.45. The number of benzene rings is 1. The summed E-state index contributed by atoms with van der Waals surface area (Å²) in [7, 11) is 0. The van der Waals surface area contributed by atoms with Crippen molar-refractivity contribution in [1.29, 1.82) is 0 Å². The summed E-state index contributed by atoms with van der Waals surface area (Å²) in [6.07, 6.45) is 0.0258. The minimum absolute atomic E-state index is 0.0258. The van der Waals surface area contributed by atoms with Crippen LogP contribution in [0.5, 0.6) is 0 Å². The van der Waals surface area contributed by atoms with Gasteiger partial charge in [-0.15, -0.1) is 0 Å². The van der Waals surface area contributed by atoms with E-state index in [1.165, 1.54) is 0 Å². The lowest BCUT2D eigenvalue weighted by Crippen LogP contribution is -2.40. The molecule has 0 aliphatic rings. The molecule has 0 spiro atoms. The van der Waals surface area contributed by atoms with Crippen molar-refractivity contribution in [1.82, 2.24) is 4.90 Å². The summed E-state index contributed by atoms with van der Waals surface area (Å²) in [5.74, 6) is -1.01. The van der Waals surface area contributed by atoms with E-state index in [9.17, 15) is 9.59 Å². The molecule has 1 atom stereocenters. The smallest absolute Gasteiger partial charge is 0.304 e. The Kier molecular flexibility index (Phi) is 6.67. The van der Waals surface area contributed by atoms with Crippen molar-refractivity contribution in [2.45, 2.75) is 26.3 Å². The Hall–Kier alpha value is -1.40. The minimum atomic E-state index is -0.858. The van der Waals surface area contributed by atoms with E-state index in [0.29, 0.717) is 12.2 Å². The predicted molar refractivity (Wildman–Crippen MR) is 81.7 cm³/mol. The largest absolute Gasteiger partial charge is 0.481 e. The topological polar surface area (TPSA) is 69.6 Å². The van der Waals surface area contributed by atoms with Crippen LogP contribution in [-0.4, -0.2) is 41.0 Å². The molecule has 1 unspecified atom stereocenters. The third-order valence-electron chi connectivity index (χ3n) is 2.95. The average molecular weight is 343 g/mol. The number of halogens is 1. The molecule has 1 aromatic carbocycles. The number of hydrogen-bond donors (Lipinski definition) is 2. The highest BCUT2D eigenvalue weighted by atomic mass is 79.9. The summed E-state index contributed by atoms with van der Waals surface area (Å²) in [5, 5.41) is 11.6. The minimum Gasteiger partial charge on any atom is -0.481 e. The van der Waals surface area contributed by atoms with Crippen LogP contribution in [0, 0.1) is 0 Å². The molecule has 0 aliphatic heterocycles. The number of rotatable bonds is 7. The maximum absolute atomic E-state index is 12.0. The zero-order valence-electron chi connectivity index (χ0n) is 11.6. The van der Waals surface area contributed by atoms with E-state index in [2.05, 4.69) is 21.2 Å². The molecule has 0 fully saturated rings. The second kappa shape index (κ2) is 8.01. The highest BCUT2D eigenvalue weighted by Gasteiger charge is 2.18. The number of anilines is 1. The van der Waals surface area contributed by atoms with E-state index >= 15 is 0 Å². The molecule has 0 bridgehead atoms. The molecule has 1 aromatic rings. The summed E-state index contributed by atoms with van der Waals surface area (Å²) in [6, 6.07) is 7.16. The normalized spacial score (nSPS) is 12.2. The number of carbonyl (C=O) groups is 2. The van der Waals surface area contributed by atoms with Gasteiger partial charge in [-0.2, -0.15) is 0 Å². The van der Waals surface area contributed by atoms with Crippen molar-refractivity contribution in [3.63, 3.8) is 0 Å². The van der Waals surface area contributed by atoms with Gasteiger partial charge in [0.1, 0.15) is 0 Å². The maximum Gasteiger partial charge on any atom is 0.304 e. The molecule has 0 radical (unpaired) electrons. The van der Waals surface area contributed by atoms with Crippen molar-refractivity contribution in [2.75, 3.05) is 18.4 Å². The van der Waals surface area contributed by atoms with Crippen molar-refractivity contribution >= 4 is 33.5 Å². The molecule has 0 aliphatic carbocycles. The van der Waals surface area contributed by atoms with Crippen LogP contribution in [0.25, 0.3) is 0 Å². The summed E-state index contributed by atoms with van der Waals surface area (Å²) < 4.78 is 0.891. The first-order chi connectivity index (χ1) is 9.42. The van der Waals surface area contributed by atoms with Gasteiger partial charge in [-0.3, -0.25) is 14.5 Å². The Morgan fingerprint density at radius 1 is 1.45 bits per heavy atom. The number of carboxylic acids is 1. The van der Waals surface area contributed by atoms with Gasteiger partial charge in [-0.25, -0.2) is 0 Å². The van der Waals surface area contributed by atoms with Gasteiger partial charge in [0.15, 0.2) is 0 Å². The molecule has 5 nitrogen and oxygen atoms in total. The van der Waals surface area contributed by atoms with E-state index < -0.39 is 5.97 Å². The Balaban J connectivity index is 2.57. The lowest BCUT2D eigenvalue weighted by molar-refractivity contribution is -0.138. The molecule has 110 valence electrons. The van der Waals surface area contributed by atoms with Crippen LogP contribution >= 0.6 is 15.9 Å². The van der Waals surface area contributed by atoms with Crippen molar-refractivity contribution in [3.05, 3.63) is 28.7 Å². The number of carboxylic acid groups (broad SMARTS) is 1. The molecule has 1 amide bonds. The summed E-state index contributed by atoms with van der Waals surface area (Å²) in [5.41, 5.74) is 0.714. The zero-order chi connectivity index (χ0) is 15.1. The standard InChI is InChI=1S/C14H19BrN2O3/c1-3-17(10(2)7-14(19)20)9-13(18)16-12-6-4-5-11(15)8-12/h4-6,8,10H,3,7,9H2,1-2H3,(H,16,18)(H,19,20). The van der Waals surface area contributed by atoms with Crippen molar-refractivity contribution < 1.29 is 14.7 Å². The van der Waals surface area contributed by atoms with Gasteiger partial charge in [0.05, 0.1) is 13.0 Å². The molecule has 0 saturated carbocycles. The van der Waals surface area contributed by atoms with E-state index in [4.69, 9.17) is 5.11 Å². The fraction of sp³-hybridized carbons (Fsp3) is 0.429. The number of hydrogen-bond acceptors (Lipinski definition) is 3. The van der Waals surface area contributed by atoms with Crippen LogP contribution < -0.4 is 5.32 Å². The van der Waals surface area contributed by atoms with Gasteiger partial charge < -0.3 is 10.4 Å². The first-order valence-electron chi connectivity index (χ1n) is 6.43. The fourth-order valence-corrected chi connectivity index (χ4v) is 2.31. The van der Waals surface area contributed by atoms with Gasteiger partial charge in [-0.05, 0) is 31.7 Å². The SMILES string of the molecule is CCN(CC(=O)Nc1cccc(Br)c1)C(C)CC(=O)O. The average Bonchev–Trinajstić information content (AvgIpc) is 2.34. The van der Waals surface area contributed by atoms with E-state index in [1.54, 1.807) is 6.07 Å². The molecular formula is C14H19BrN2O3. The highest BCUT2D eigenvalue weighted by molar-refractivity contribution is 9.10. The second-order valence-corrected chi connectivity index (χ2v) is 5.48. The second-order valence-electron chi connectivity index (χ2n) is 4.57. The Labute approximate surface area is 127 Å².